The number of hydrogen-bond acceptors (Lipinski definition) is 6. The molecular formula is C27H42O6. The first-order chi connectivity index (χ1) is 15.5. The molecule has 2 aliphatic carbocycles. The van der Waals surface area contributed by atoms with Gasteiger partial charge in [-0.1, -0.05) is 31.1 Å². The molecule has 0 aliphatic heterocycles. The van der Waals surface area contributed by atoms with Gasteiger partial charge in [0.1, 0.15) is 13.2 Å². The average Bonchev–Trinajstić information content (AvgIpc) is 2.78. The van der Waals surface area contributed by atoms with Crippen LogP contribution >= 0.6 is 0 Å². The predicted molar refractivity (Wildman–Crippen MR) is 127 cm³/mol. The number of hydrogen-bond donors (Lipinski definition) is 0. The van der Waals surface area contributed by atoms with E-state index in [-0.39, 0.29) is 35.6 Å². The Labute approximate surface area is 199 Å². The Balaban J connectivity index is 2.14. The van der Waals surface area contributed by atoms with Gasteiger partial charge in [0.05, 0.1) is 20.0 Å². The number of carbonyl (C=O) groups is 3. The fourth-order valence-corrected chi connectivity index (χ4v) is 5.87. The minimum absolute atomic E-state index is 0.0499. The highest BCUT2D eigenvalue weighted by atomic mass is 16.5. The molecule has 0 saturated heterocycles. The molecule has 6 nitrogen and oxygen atoms in total. The Hall–Kier alpha value is -2.11. The van der Waals surface area contributed by atoms with E-state index < -0.39 is 5.97 Å². The number of rotatable bonds is 10. The first kappa shape index (κ1) is 27.1. The molecular weight excluding hydrogens is 420 g/mol. The summed E-state index contributed by atoms with van der Waals surface area (Å²) in [5, 5.41) is 0. The molecule has 1 saturated carbocycles. The van der Waals surface area contributed by atoms with Crippen molar-refractivity contribution in [2.75, 3.05) is 20.3 Å². The fourth-order valence-electron chi connectivity index (χ4n) is 5.87. The molecule has 0 aromatic rings. The fraction of sp³-hybridized carbons (Fsp3) is 0.741. The molecule has 0 radical (unpaired) electrons. The highest BCUT2D eigenvalue weighted by molar-refractivity contribution is 5.77. The van der Waals surface area contributed by atoms with Gasteiger partial charge in [-0.2, -0.15) is 0 Å². The number of carbonyl (C=O) groups excluding carboxylic acids is 3. The van der Waals surface area contributed by atoms with E-state index in [0.29, 0.717) is 25.0 Å². The first-order valence-corrected chi connectivity index (χ1v) is 12.2. The maximum atomic E-state index is 12.4. The molecule has 2 rings (SSSR count). The van der Waals surface area contributed by atoms with Crippen LogP contribution in [0.15, 0.2) is 23.3 Å². The van der Waals surface area contributed by atoms with Crippen molar-refractivity contribution < 1.29 is 28.6 Å². The zero-order valence-electron chi connectivity index (χ0n) is 21.3. The van der Waals surface area contributed by atoms with E-state index in [1.807, 2.05) is 6.08 Å². The lowest BCUT2D eigenvalue weighted by Gasteiger charge is -2.59. The van der Waals surface area contributed by atoms with Crippen molar-refractivity contribution in [1.29, 1.82) is 0 Å². The van der Waals surface area contributed by atoms with Crippen molar-refractivity contribution in [1.82, 2.24) is 0 Å². The van der Waals surface area contributed by atoms with E-state index >= 15 is 0 Å². The molecule has 1 fully saturated rings. The summed E-state index contributed by atoms with van der Waals surface area (Å²) in [5.74, 6) is -0.00190. The van der Waals surface area contributed by atoms with Crippen LogP contribution in [0.25, 0.3) is 0 Å². The summed E-state index contributed by atoms with van der Waals surface area (Å²) < 4.78 is 15.5. The van der Waals surface area contributed by atoms with Gasteiger partial charge in [0, 0.05) is 12.3 Å². The van der Waals surface area contributed by atoms with Crippen LogP contribution < -0.4 is 0 Å². The van der Waals surface area contributed by atoms with Crippen LogP contribution in [-0.4, -0.2) is 38.2 Å². The lowest BCUT2D eigenvalue weighted by atomic mass is 9.46. The summed E-state index contributed by atoms with van der Waals surface area (Å²) in [6, 6.07) is 0. The van der Waals surface area contributed by atoms with Gasteiger partial charge in [-0.05, 0) is 75.7 Å². The van der Waals surface area contributed by atoms with Gasteiger partial charge in [0.25, 0.3) is 0 Å². The van der Waals surface area contributed by atoms with Gasteiger partial charge in [0.15, 0.2) is 0 Å². The Morgan fingerprint density at radius 3 is 2.45 bits per heavy atom. The average molecular weight is 463 g/mol. The molecule has 0 heterocycles. The molecule has 4 atom stereocenters. The van der Waals surface area contributed by atoms with E-state index in [1.54, 1.807) is 0 Å². The second kappa shape index (κ2) is 11.8. The summed E-state index contributed by atoms with van der Waals surface area (Å²) in [4.78, 5) is 34.8. The minimum Gasteiger partial charge on any atom is -0.469 e. The topological polar surface area (TPSA) is 78.9 Å². The van der Waals surface area contributed by atoms with Crippen molar-refractivity contribution in [3.8, 4) is 0 Å². The summed E-state index contributed by atoms with van der Waals surface area (Å²) >= 11 is 0. The number of allylic oxidation sites excluding steroid dienone is 2. The highest BCUT2D eigenvalue weighted by Gasteiger charge is 2.55. The summed E-state index contributed by atoms with van der Waals surface area (Å²) in [6.07, 6.45) is 10.7. The Morgan fingerprint density at radius 2 is 1.79 bits per heavy atom. The van der Waals surface area contributed by atoms with Crippen LogP contribution in [0, 0.1) is 22.7 Å². The van der Waals surface area contributed by atoms with Crippen molar-refractivity contribution in [3.63, 3.8) is 0 Å². The molecule has 0 aromatic heterocycles. The largest absolute Gasteiger partial charge is 0.469 e. The lowest BCUT2D eigenvalue weighted by Crippen LogP contribution is -2.53. The van der Waals surface area contributed by atoms with Gasteiger partial charge >= 0.3 is 17.9 Å². The molecule has 2 aliphatic rings. The maximum Gasteiger partial charge on any atom is 0.306 e. The number of methoxy groups -OCH3 is 1. The number of ether oxygens (including phenoxy) is 3. The third-order valence-corrected chi connectivity index (χ3v) is 8.33. The molecule has 0 N–H and O–H groups in total. The molecule has 0 spiro atoms. The Morgan fingerprint density at radius 1 is 1.09 bits per heavy atom. The second-order valence-electron chi connectivity index (χ2n) is 10.2. The first-order valence-electron chi connectivity index (χ1n) is 12.2. The Kier molecular flexibility index (Phi) is 9.74. The molecule has 4 unspecified atom stereocenters. The zero-order valence-corrected chi connectivity index (χ0v) is 21.3. The van der Waals surface area contributed by atoms with Crippen molar-refractivity contribution >= 4 is 17.9 Å². The van der Waals surface area contributed by atoms with Crippen molar-refractivity contribution in [3.05, 3.63) is 23.3 Å². The smallest absolute Gasteiger partial charge is 0.306 e. The van der Waals surface area contributed by atoms with Gasteiger partial charge in [-0.15, -0.1) is 0 Å². The van der Waals surface area contributed by atoms with E-state index in [9.17, 15) is 14.4 Å². The standard InChI is InChI=1S/C27H42O6/c1-19(14-17-32-22(4)28)12-15-26(5)20(2)13-16-27(21(3)8-7-9-23(26)27)18-33-25(30)11-10-24(29)31-6/h8,14,20,23H,7,9-13,15-18H2,1-6H3. The van der Waals surface area contributed by atoms with E-state index in [4.69, 9.17) is 9.47 Å². The second-order valence-corrected chi connectivity index (χ2v) is 10.2. The van der Waals surface area contributed by atoms with Crippen LogP contribution in [0.2, 0.25) is 0 Å². The molecule has 186 valence electrons. The molecule has 0 amide bonds. The third-order valence-electron chi connectivity index (χ3n) is 8.33. The zero-order chi connectivity index (χ0) is 24.6. The molecule has 6 heteroatoms. The third kappa shape index (κ3) is 6.70. The van der Waals surface area contributed by atoms with Gasteiger partial charge < -0.3 is 14.2 Å². The summed E-state index contributed by atoms with van der Waals surface area (Å²) in [5.41, 5.74) is 2.54. The maximum absolute atomic E-state index is 12.4. The lowest BCUT2D eigenvalue weighted by molar-refractivity contribution is -0.156. The predicted octanol–water partition coefficient (Wildman–Crippen LogP) is 5.55. The quantitative estimate of drug-likeness (QED) is 0.241. The summed E-state index contributed by atoms with van der Waals surface area (Å²) in [6.45, 7) is 11.2. The SMILES string of the molecule is COC(=O)CCC(=O)OCC12CCC(C)C(C)(CCC(C)=CCOC(C)=O)C1CCC=C2C. The van der Waals surface area contributed by atoms with Gasteiger partial charge in [-0.3, -0.25) is 14.4 Å². The van der Waals surface area contributed by atoms with Crippen LogP contribution in [0.5, 0.6) is 0 Å². The molecule has 0 bridgehead atoms. The van der Waals surface area contributed by atoms with E-state index in [0.717, 1.165) is 38.5 Å². The van der Waals surface area contributed by atoms with Crippen LogP contribution in [-0.2, 0) is 28.6 Å². The normalized spacial score (nSPS) is 29.5. The van der Waals surface area contributed by atoms with Crippen LogP contribution in [0.1, 0.15) is 86.0 Å². The van der Waals surface area contributed by atoms with E-state index in [1.165, 1.54) is 25.2 Å². The summed E-state index contributed by atoms with van der Waals surface area (Å²) in [7, 11) is 1.32. The number of esters is 3. The highest BCUT2D eigenvalue weighted by Crippen LogP contribution is 2.62. The van der Waals surface area contributed by atoms with E-state index in [2.05, 4.69) is 38.5 Å². The minimum atomic E-state index is -0.395. The van der Waals surface area contributed by atoms with Crippen LogP contribution in [0.3, 0.4) is 0 Å². The van der Waals surface area contributed by atoms with Gasteiger partial charge in [-0.25, -0.2) is 0 Å². The van der Waals surface area contributed by atoms with Crippen molar-refractivity contribution in [2.24, 2.45) is 22.7 Å². The monoisotopic (exact) mass is 462 g/mol. The number of fused-ring (bicyclic) bond motifs is 1. The molecule has 33 heavy (non-hydrogen) atoms. The van der Waals surface area contributed by atoms with Crippen LogP contribution in [0.4, 0.5) is 0 Å². The van der Waals surface area contributed by atoms with Crippen molar-refractivity contribution in [2.45, 2.75) is 86.0 Å². The molecule has 0 aromatic carbocycles. The Bertz CT molecular complexity index is 781. The van der Waals surface area contributed by atoms with Gasteiger partial charge in [0.2, 0.25) is 0 Å².